The summed E-state index contributed by atoms with van der Waals surface area (Å²) >= 11 is 3.53. The highest BCUT2D eigenvalue weighted by atomic mass is 79.9. The topological polar surface area (TPSA) is 57.0 Å². The third-order valence-corrected chi connectivity index (χ3v) is 4.13. The van der Waals surface area contributed by atoms with Gasteiger partial charge < -0.3 is 19.9 Å². The van der Waals surface area contributed by atoms with Crippen LogP contribution in [-0.2, 0) is 4.74 Å². The second kappa shape index (κ2) is 5.66. The zero-order chi connectivity index (χ0) is 13.2. The Labute approximate surface area is 120 Å². The van der Waals surface area contributed by atoms with E-state index < -0.39 is 0 Å². The molecule has 0 amide bonds. The highest BCUT2D eigenvalue weighted by Gasteiger charge is 2.25. The van der Waals surface area contributed by atoms with Crippen LogP contribution in [0.5, 0.6) is 11.5 Å². The maximum absolute atomic E-state index is 5.96. The molecule has 5 nitrogen and oxygen atoms in total. The number of nitrogens with zero attached hydrogens (tertiary/aromatic N) is 1. The molecule has 19 heavy (non-hydrogen) atoms. The minimum absolute atomic E-state index is 0.190. The van der Waals surface area contributed by atoms with E-state index in [4.69, 9.17) is 19.9 Å². The number of hydrogen-bond acceptors (Lipinski definition) is 5. The fourth-order valence-corrected chi connectivity index (χ4v) is 3.14. The Balaban J connectivity index is 1.88. The molecule has 0 bridgehead atoms. The first-order valence-electron chi connectivity index (χ1n) is 6.40. The van der Waals surface area contributed by atoms with E-state index >= 15 is 0 Å². The third-order valence-electron chi connectivity index (χ3n) is 3.54. The second-order valence-corrected chi connectivity index (χ2v) is 5.49. The molecule has 1 unspecified atom stereocenters. The van der Waals surface area contributed by atoms with E-state index in [0.717, 1.165) is 47.8 Å². The van der Waals surface area contributed by atoms with Crippen LogP contribution < -0.4 is 15.2 Å². The maximum atomic E-state index is 5.96. The van der Waals surface area contributed by atoms with Gasteiger partial charge in [-0.2, -0.15) is 0 Å². The van der Waals surface area contributed by atoms with E-state index in [1.807, 2.05) is 6.07 Å². The summed E-state index contributed by atoms with van der Waals surface area (Å²) in [5, 5.41) is 0. The SMILES string of the molecule is NCC(c1cc(Br)c2c(c1)OCO2)N1CCOCC1. The normalized spacial score (nSPS) is 20.5. The summed E-state index contributed by atoms with van der Waals surface area (Å²) < 4.78 is 17.2. The van der Waals surface area contributed by atoms with Crippen molar-refractivity contribution in [1.29, 1.82) is 0 Å². The lowest BCUT2D eigenvalue weighted by Crippen LogP contribution is -2.41. The van der Waals surface area contributed by atoms with Crippen LogP contribution in [0.15, 0.2) is 16.6 Å². The Hall–Kier alpha value is -0.820. The minimum atomic E-state index is 0.190. The molecule has 0 saturated carbocycles. The van der Waals surface area contributed by atoms with Crippen LogP contribution >= 0.6 is 15.9 Å². The number of fused-ring (bicyclic) bond motifs is 1. The predicted octanol–water partition coefficient (Wildman–Crippen LogP) is 1.51. The Bertz CT molecular complexity index is 463. The molecule has 1 saturated heterocycles. The lowest BCUT2D eigenvalue weighted by Gasteiger charge is -2.34. The van der Waals surface area contributed by atoms with Gasteiger partial charge in [0.25, 0.3) is 0 Å². The van der Waals surface area contributed by atoms with Crippen LogP contribution in [-0.4, -0.2) is 44.5 Å². The number of rotatable bonds is 3. The highest BCUT2D eigenvalue weighted by Crippen LogP contribution is 2.41. The number of nitrogens with two attached hydrogens (primary N) is 1. The summed E-state index contributed by atoms with van der Waals surface area (Å²) in [5.41, 5.74) is 7.11. The van der Waals surface area contributed by atoms with Crippen LogP contribution in [0.3, 0.4) is 0 Å². The largest absolute Gasteiger partial charge is 0.454 e. The van der Waals surface area contributed by atoms with Gasteiger partial charge in [0.05, 0.1) is 17.7 Å². The molecule has 0 aromatic heterocycles. The Morgan fingerprint density at radius 2 is 2.05 bits per heavy atom. The average molecular weight is 329 g/mol. The first kappa shape index (κ1) is 13.2. The monoisotopic (exact) mass is 328 g/mol. The molecule has 6 heteroatoms. The van der Waals surface area contributed by atoms with Crippen LogP contribution in [0.25, 0.3) is 0 Å². The molecule has 0 radical (unpaired) electrons. The van der Waals surface area contributed by atoms with Crippen molar-refractivity contribution in [3.05, 3.63) is 22.2 Å². The van der Waals surface area contributed by atoms with Gasteiger partial charge in [-0.05, 0) is 33.6 Å². The van der Waals surface area contributed by atoms with Gasteiger partial charge in [0.2, 0.25) is 6.79 Å². The summed E-state index contributed by atoms with van der Waals surface area (Å²) in [7, 11) is 0. The van der Waals surface area contributed by atoms with Crippen molar-refractivity contribution >= 4 is 15.9 Å². The van der Waals surface area contributed by atoms with Crippen molar-refractivity contribution < 1.29 is 14.2 Å². The molecule has 1 aromatic rings. The first-order valence-corrected chi connectivity index (χ1v) is 7.20. The zero-order valence-corrected chi connectivity index (χ0v) is 12.2. The summed E-state index contributed by atoms with van der Waals surface area (Å²) in [6.07, 6.45) is 0. The van der Waals surface area contributed by atoms with E-state index in [1.165, 1.54) is 0 Å². The summed E-state index contributed by atoms with van der Waals surface area (Å²) in [5.74, 6) is 1.57. The van der Waals surface area contributed by atoms with Gasteiger partial charge in [0.15, 0.2) is 11.5 Å². The number of ether oxygens (including phenoxy) is 3. The van der Waals surface area contributed by atoms with Gasteiger partial charge in [0.1, 0.15) is 0 Å². The lowest BCUT2D eigenvalue weighted by atomic mass is 10.0. The molecule has 3 rings (SSSR count). The molecule has 2 aliphatic rings. The van der Waals surface area contributed by atoms with Gasteiger partial charge in [-0.3, -0.25) is 4.90 Å². The van der Waals surface area contributed by atoms with E-state index in [2.05, 4.69) is 26.9 Å². The van der Waals surface area contributed by atoms with Crippen LogP contribution in [0, 0.1) is 0 Å². The number of hydrogen-bond donors (Lipinski definition) is 1. The zero-order valence-electron chi connectivity index (χ0n) is 10.6. The first-order chi connectivity index (χ1) is 9.29. The van der Waals surface area contributed by atoms with Crippen LogP contribution in [0.2, 0.25) is 0 Å². The van der Waals surface area contributed by atoms with Gasteiger partial charge in [-0.15, -0.1) is 0 Å². The fraction of sp³-hybridized carbons (Fsp3) is 0.538. The van der Waals surface area contributed by atoms with Crippen molar-refractivity contribution in [3.63, 3.8) is 0 Å². The Morgan fingerprint density at radius 3 is 2.79 bits per heavy atom. The van der Waals surface area contributed by atoms with Gasteiger partial charge in [0, 0.05) is 25.7 Å². The van der Waals surface area contributed by atoms with Crippen molar-refractivity contribution in [1.82, 2.24) is 4.90 Å². The standard InChI is InChI=1S/C13H17BrN2O3/c14-10-5-9(6-12-13(10)19-8-18-12)11(7-15)16-1-3-17-4-2-16/h5-6,11H,1-4,7-8,15H2. The van der Waals surface area contributed by atoms with Gasteiger partial charge >= 0.3 is 0 Å². The molecule has 1 aromatic carbocycles. The highest BCUT2D eigenvalue weighted by molar-refractivity contribution is 9.10. The summed E-state index contributed by atoms with van der Waals surface area (Å²) in [6, 6.07) is 4.29. The van der Waals surface area contributed by atoms with Crippen molar-refractivity contribution in [3.8, 4) is 11.5 Å². The maximum Gasteiger partial charge on any atom is 0.231 e. The molecule has 0 spiro atoms. The molecule has 2 heterocycles. The summed E-state index contributed by atoms with van der Waals surface area (Å²) in [6.45, 7) is 4.21. The van der Waals surface area contributed by atoms with E-state index in [-0.39, 0.29) is 12.8 Å². The number of benzene rings is 1. The van der Waals surface area contributed by atoms with Crippen molar-refractivity contribution in [2.75, 3.05) is 39.6 Å². The van der Waals surface area contributed by atoms with Gasteiger partial charge in [-0.1, -0.05) is 0 Å². The molecule has 0 aliphatic carbocycles. The molecule has 2 aliphatic heterocycles. The molecule has 2 N–H and O–H groups in total. The minimum Gasteiger partial charge on any atom is -0.454 e. The van der Waals surface area contributed by atoms with Gasteiger partial charge in [-0.25, -0.2) is 0 Å². The number of halogens is 1. The van der Waals surface area contributed by atoms with Crippen molar-refractivity contribution in [2.24, 2.45) is 5.73 Å². The molecule has 1 fully saturated rings. The molecule has 1 atom stereocenters. The Kier molecular flexibility index (Phi) is 3.93. The average Bonchev–Trinajstić information content (AvgIpc) is 2.90. The smallest absolute Gasteiger partial charge is 0.231 e. The molecular formula is C13H17BrN2O3. The molecule has 104 valence electrons. The van der Waals surface area contributed by atoms with E-state index in [0.29, 0.717) is 6.54 Å². The Morgan fingerprint density at radius 1 is 1.26 bits per heavy atom. The van der Waals surface area contributed by atoms with Crippen LogP contribution in [0.1, 0.15) is 11.6 Å². The quantitative estimate of drug-likeness (QED) is 0.911. The third kappa shape index (κ3) is 2.58. The second-order valence-electron chi connectivity index (χ2n) is 4.64. The van der Waals surface area contributed by atoms with Crippen LogP contribution in [0.4, 0.5) is 0 Å². The van der Waals surface area contributed by atoms with E-state index in [1.54, 1.807) is 0 Å². The van der Waals surface area contributed by atoms with E-state index in [9.17, 15) is 0 Å². The number of morpholine rings is 1. The fourth-order valence-electron chi connectivity index (χ4n) is 2.56. The predicted molar refractivity (Wildman–Crippen MR) is 74.5 cm³/mol. The lowest BCUT2D eigenvalue weighted by molar-refractivity contribution is 0.0178. The van der Waals surface area contributed by atoms with Crippen molar-refractivity contribution in [2.45, 2.75) is 6.04 Å². The summed E-state index contributed by atoms with van der Waals surface area (Å²) in [4.78, 5) is 2.35. The molecular weight excluding hydrogens is 312 g/mol.